The minimum absolute atomic E-state index is 0.0986. The van der Waals surface area contributed by atoms with Crippen LogP contribution in [0.2, 0.25) is 0 Å². The lowest BCUT2D eigenvalue weighted by Gasteiger charge is -2.34. The fraction of sp³-hybridized carbons (Fsp3) is 0. The lowest BCUT2D eigenvalue weighted by Crippen LogP contribution is -2.57. The molecule has 0 spiro atoms. The van der Waals surface area contributed by atoms with Crippen LogP contribution in [0.15, 0.2) is 122 Å². The maximum atomic E-state index is 6.68. The summed E-state index contributed by atoms with van der Waals surface area (Å²) in [6.45, 7) is -0.0986. The van der Waals surface area contributed by atoms with Crippen LogP contribution in [-0.4, -0.2) is 21.7 Å². The van der Waals surface area contributed by atoms with Gasteiger partial charge in [-0.05, 0) is 94.8 Å². The first-order valence-electron chi connectivity index (χ1n) is 12.9. The normalized spacial score (nSPS) is 12.5. The van der Waals surface area contributed by atoms with Gasteiger partial charge in [0.1, 0.15) is 23.0 Å². The molecule has 0 saturated carbocycles. The molecule has 3 aromatic heterocycles. The Balaban J connectivity index is 1.38. The molecule has 8 rings (SSSR count). The number of fused-ring (bicyclic) bond motifs is 4. The highest BCUT2D eigenvalue weighted by atomic mass is 16.5. The standard InChI is InChI=1S/C33H20BN3O2/c1-4-16-35-26(7-1)21-10-13-29-24(19-21)34-25-20-22(27-8-2-5-17-36-27)11-14-30(25)39-33-23(28-9-3-6-18-37-28)12-15-31(38-29)32(33)34/h1-20H. The van der Waals surface area contributed by atoms with Crippen LogP contribution >= 0.6 is 0 Å². The molecule has 0 saturated heterocycles. The minimum atomic E-state index is -0.0986. The summed E-state index contributed by atoms with van der Waals surface area (Å²) in [5, 5.41) is 0. The van der Waals surface area contributed by atoms with Gasteiger partial charge in [-0.15, -0.1) is 0 Å². The van der Waals surface area contributed by atoms with E-state index >= 15 is 0 Å². The van der Waals surface area contributed by atoms with Gasteiger partial charge in [-0.25, -0.2) is 0 Å². The van der Waals surface area contributed by atoms with Crippen LogP contribution in [0.1, 0.15) is 0 Å². The molecule has 2 aliphatic heterocycles. The Bertz CT molecular complexity index is 1810. The van der Waals surface area contributed by atoms with Crippen molar-refractivity contribution in [3.8, 4) is 56.8 Å². The van der Waals surface area contributed by atoms with Gasteiger partial charge in [0.25, 0.3) is 6.71 Å². The third-order valence-corrected chi connectivity index (χ3v) is 7.38. The maximum absolute atomic E-state index is 6.68. The summed E-state index contributed by atoms with van der Waals surface area (Å²) in [5.41, 5.74) is 8.87. The molecule has 0 radical (unpaired) electrons. The van der Waals surface area contributed by atoms with Crippen molar-refractivity contribution in [2.45, 2.75) is 0 Å². The highest BCUT2D eigenvalue weighted by Gasteiger charge is 2.41. The Labute approximate surface area is 225 Å². The molecule has 5 nitrogen and oxygen atoms in total. The van der Waals surface area contributed by atoms with Crippen molar-refractivity contribution >= 4 is 23.1 Å². The van der Waals surface area contributed by atoms with E-state index in [9.17, 15) is 0 Å². The van der Waals surface area contributed by atoms with Crippen molar-refractivity contribution in [3.05, 3.63) is 122 Å². The summed E-state index contributed by atoms with van der Waals surface area (Å²) < 4.78 is 13.2. The number of aromatic nitrogens is 3. The first-order valence-corrected chi connectivity index (χ1v) is 12.9. The van der Waals surface area contributed by atoms with E-state index in [2.05, 4.69) is 45.3 Å². The average Bonchev–Trinajstić information content (AvgIpc) is 3.02. The lowest BCUT2D eigenvalue weighted by atomic mass is 9.34. The summed E-state index contributed by atoms with van der Waals surface area (Å²) in [6.07, 6.45) is 5.45. The largest absolute Gasteiger partial charge is 0.458 e. The Morgan fingerprint density at radius 3 is 1.59 bits per heavy atom. The van der Waals surface area contributed by atoms with Crippen LogP contribution in [0, 0.1) is 0 Å². The van der Waals surface area contributed by atoms with Crippen LogP contribution in [0.5, 0.6) is 23.0 Å². The van der Waals surface area contributed by atoms with E-state index in [0.29, 0.717) is 0 Å². The maximum Gasteiger partial charge on any atom is 0.260 e. The number of ether oxygens (including phenoxy) is 2. The molecule has 2 aliphatic rings. The summed E-state index contributed by atoms with van der Waals surface area (Å²) in [5.74, 6) is 3.22. The molecule has 0 unspecified atom stereocenters. The molecule has 39 heavy (non-hydrogen) atoms. The zero-order chi connectivity index (χ0) is 25.8. The molecule has 0 N–H and O–H groups in total. The molecular weight excluding hydrogens is 481 g/mol. The molecule has 182 valence electrons. The van der Waals surface area contributed by atoms with Crippen LogP contribution in [0.4, 0.5) is 0 Å². The quantitative estimate of drug-likeness (QED) is 0.295. The molecular formula is C33H20BN3O2. The summed E-state index contributed by atoms with van der Waals surface area (Å²) in [4.78, 5) is 13.8. The van der Waals surface area contributed by atoms with Gasteiger partial charge in [0.2, 0.25) is 0 Å². The first-order chi connectivity index (χ1) is 19.3. The van der Waals surface area contributed by atoms with Gasteiger partial charge >= 0.3 is 0 Å². The number of rotatable bonds is 3. The van der Waals surface area contributed by atoms with E-state index in [-0.39, 0.29) is 6.71 Å². The molecule has 0 atom stereocenters. The van der Waals surface area contributed by atoms with Gasteiger partial charge in [-0.3, -0.25) is 15.0 Å². The first kappa shape index (κ1) is 21.8. The molecule has 0 bridgehead atoms. The van der Waals surface area contributed by atoms with E-state index in [0.717, 1.165) is 73.2 Å². The topological polar surface area (TPSA) is 57.1 Å². The van der Waals surface area contributed by atoms with Crippen molar-refractivity contribution in [2.75, 3.05) is 0 Å². The molecule has 0 fully saturated rings. The van der Waals surface area contributed by atoms with Crippen molar-refractivity contribution in [1.82, 2.24) is 15.0 Å². The average molecular weight is 501 g/mol. The fourth-order valence-corrected chi connectivity index (χ4v) is 5.60. The molecule has 5 heterocycles. The van der Waals surface area contributed by atoms with E-state index < -0.39 is 0 Å². The zero-order valence-corrected chi connectivity index (χ0v) is 20.8. The fourth-order valence-electron chi connectivity index (χ4n) is 5.60. The van der Waals surface area contributed by atoms with Crippen LogP contribution in [-0.2, 0) is 0 Å². The highest BCUT2D eigenvalue weighted by molar-refractivity contribution is 6.98. The predicted octanol–water partition coefficient (Wildman–Crippen LogP) is 5.60. The number of hydrogen-bond donors (Lipinski definition) is 0. The minimum Gasteiger partial charge on any atom is -0.458 e. The van der Waals surface area contributed by atoms with Gasteiger partial charge < -0.3 is 9.47 Å². The summed E-state index contributed by atoms with van der Waals surface area (Å²) in [7, 11) is 0. The third kappa shape index (κ3) is 3.53. The number of nitrogens with zero attached hydrogens (tertiary/aromatic N) is 3. The van der Waals surface area contributed by atoms with E-state index in [1.807, 2.05) is 85.2 Å². The molecule has 3 aromatic carbocycles. The Morgan fingerprint density at radius 1 is 0.487 bits per heavy atom. The van der Waals surface area contributed by atoms with Crippen LogP contribution < -0.4 is 25.9 Å². The summed E-state index contributed by atoms with van der Waals surface area (Å²) >= 11 is 0. The second-order valence-corrected chi connectivity index (χ2v) is 9.64. The van der Waals surface area contributed by atoms with Gasteiger partial charge in [-0.2, -0.15) is 0 Å². The van der Waals surface area contributed by atoms with Crippen molar-refractivity contribution in [2.24, 2.45) is 0 Å². The Kier molecular flexibility index (Phi) is 4.85. The van der Waals surface area contributed by atoms with E-state index in [1.54, 1.807) is 6.20 Å². The van der Waals surface area contributed by atoms with Gasteiger partial charge in [0, 0.05) is 29.6 Å². The molecule has 6 aromatic rings. The van der Waals surface area contributed by atoms with E-state index in [4.69, 9.17) is 9.47 Å². The van der Waals surface area contributed by atoms with Crippen molar-refractivity contribution in [3.63, 3.8) is 0 Å². The van der Waals surface area contributed by atoms with Gasteiger partial charge in [-0.1, -0.05) is 30.3 Å². The Morgan fingerprint density at radius 2 is 1.03 bits per heavy atom. The SMILES string of the molecule is c1ccc(-c2ccc3c(c2)B2c4cc(-c5ccccn5)ccc4Oc4c(-c5ccccn5)ccc(c42)O3)nc1. The second-order valence-electron chi connectivity index (χ2n) is 9.64. The number of hydrogen-bond acceptors (Lipinski definition) is 5. The van der Waals surface area contributed by atoms with Crippen LogP contribution in [0.3, 0.4) is 0 Å². The Hall–Kier alpha value is -5.23. The third-order valence-electron chi connectivity index (χ3n) is 7.38. The molecule has 6 heteroatoms. The second kappa shape index (κ2) is 8.67. The number of pyridine rings is 3. The monoisotopic (exact) mass is 501 g/mol. The summed E-state index contributed by atoms with van der Waals surface area (Å²) in [6, 6.07) is 34.6. The van der Waals surface area contributed by atoms with E-state index in [1.165, 1.54) is 0 Å². The molecule has 0 amide bonds. The highest BCUT2D eigenvalue weighted by Crippen LogP contribution is 2.41. The smallest absolute Gasteiger partial charge is 0.260 e. The van der Waals surface area contributed by atoms with Crippen LogP contribution in [0.25, 0.3) is 33.8 Å². The predicted molar refractivity (Wildman–Crippen MR) is 154 cm³/mol. The lowest BCUT2D eigenvalue weighted by molar-refractivity contribution is 0.465. The molecule has 0 aliphatic carbocycles. The van der Waals surface area contributed by atoms with Crippen molar-refractivity contribution in [1.29, 1.82) is 0 Å². The number of benzene rings is 3. The van der Waals surface area contributed by atoms with Gasteiger partial charge in [0.05, 0.1) is 17.1 Å². The van der Waals surface area contributed by atoms with Crippen molar-refractivity contribution < 1.29 is 9.47 Å². The van der Waals surface area contributed by atoms with Gasteiger partial charge in [0.15, 0.2) is 0 Å². The zero-order valence-electron chi connectivity index (χ0n) is 20.8.